The van der Waals surface area contributed by atoms with E-state index in [9.17, 15) is 13.2 Å². The topological polar surface area (TPSA) is 58.5 Å². The maximum absolute atomic E-state index is 12.2. The summed E-state index contributed by atoms with van der Waals surface area (Å²) in [4.78, 5) is 8.22. The molecule has 0 amide bonds. The number of nitrogens with zero attached hydrogens (tertiary/aromatic N) is 2. The third-order valence-electron chi connectivity index (χ3n) is 3.01. The van der Waals surface area contributed by atoms with Gasteiger partial charge in [0.15, 0.2) is 12.6 Å². The number of rotatable bonds is 10. The Morgan fingerprint density at radius 1 is 1.32 bits per heavy atom. The van der Waals surface area contributed by atoms with E-state index in [-0.39, 0.29) is 5.88 Å². The number of ether oxygens (including phenoxy) is 1. The molecule has 0 saturated carbocycles. The van der Waals surface area contributed by atoms with Crippen LogP contribution in [0, 0.1) is 0 Å². The van der Waals surface area contributed by atoms with Crippen LogP contribution in [0.4, 0.5) is 13.2 Å². The highest BCUT2D eigenvalue weighted by atomic mass is 32.2. The SMILES string of the molecule is CCNC(=NCc1ccnc(OCC(F)(F)F)c1)NCCCCSC. The van der Waals surface area contributed by atoms with Gasteiger partial charge in [0.05, 0.1) is 6.54 Å². The summed E-state index contributed by atoms with van der Waals surface area (Å²) in [7, 11) is 0. The normalized spacial score (nSPS) is 12.1. The first-order chi connectivity index (χ1) is 11.9. The molecule has 2 N–H and O–H groups in total. The van der Waals surface area contributed by atoms with Crippen LogP contribution in [0.2, 0.25) is 0 Å². The van der Waals surface area contributed by atoms with Crippen LogP contribution in [0.25, 0.3) is 0 Å². The fourth-order valence-electron chi connectivity index (χ4n) is 1.87. The Kier molecular flexibility index (Phi) is 10.1. The Bertz CT molecular complexity index is 526. The van der Waals surface area contributed by atoms with Gasteiger partial charge < -0.3 is 15.4 Å². The van der Waals surface area contributed by atoms with Crippen LogP contribution in [0.5, 0.6) is 5.88 Å². The molecular formula is C16H25F3N4OS. The van der Waals surface area contributed by atoms with Gasteiger partial charge in [-0.2, -0.15) is 24.9 Å². The van der Waals surface area contributed by atoms with Crippen LogP contribution in [0.15, 0.2) is 23.3 Å². The van der Waals surface area contributed by atoms with Crippen molar-refractivity contribution in [2.24, 2.45) is 4.99 Å². The van der Waals surface area contributed by atoms with E-state index in [2.05, 4.69) is 31.6 Å². The molecule has 9 heteroatoms. The third-order valence-corrected chi connectivity index (χ3v) is 3.71. The van der Waals surface area contributed by atoms with Crippen LogP contribution in [0.1, 0.15) is 25.3 Å². The van der Waals surface area contributed by atoms with Gasteiger partial charge in [-0.15, -0.1) is 0 Å². The van der Waals surface area contributed by atoms with Crippen molar-refractivity contribution in [1.29, 1.82) is 0 Å². The van der Waals surface area contributed by atoms with E-state index in [0.717, 1.165) is 37.2 Å². The number of alkyl halides is 3. The number of guanidine groups is 1. The molecule has 0 aromatic carbocycles. The Morgan fingerprint density at radius 2 is 2.12 bits per heavy atom. The van der Waals surface area contributed by atoms with Gasteiger partial charge in [0.2, 0.25) is 5.88 Å². The predicted octanol–water partition coefficient (Wildman–Crippen LogP) is 3.22. The number of thioether (sulfide) groups is 1. The van der Waals surface area contributed by atoms with Gasteiger partial charge in [-0.25, -0.2) is 9.98 Å². The minimum Gasteiger partial charge on any atom is -0.468 e. The third kappa shape index (κ3) is 10.8. The van der Waals surface area contributed by atoms with E-state index >= 15 is 0 Å². The molecule has 0 atom stereocenters. The lowest BCUT2D eigenvalue weighted by molar-refractivity contribution is -0.154. The van der Waals surface area contributed by atoms with Crippen LogP contribution in [-0.4, -0.2) is 48.8 Å². The van der Waals surface area contributed by atoms with Gasteiger partial charge in [-0.1, -0.05) is 0 Å². The van der Waals surface area contributed by atoms with Gasteiger partial charge in [0.25, 0.3) is 0 Å². The highest BCUT2D eigenvalue weighted by Crippen LogP contribution is 2.17. The van der Waals surface area contributed by atoms with Crippen molar-refractivity contribution in [2.75, 3.05) is 31.7 Å². The summed E-state index contributed by atoms with van der Waals surface area (Å²) in [5.41, 5.74) is 0.728. The van der Waals surface area contributed by atoms with Gasteiger partial charge in [0.1, 0.15) is 0 Å². The molecule has 0 aliphatic rings. The molecule has 0 aliphatic heterocycles. The molecule has 0 radical (unpaired) electrons. The number of pyridine rings is 1. The zero-order chi connectivity index (χ0) is 18.5. The maximum atomic E-state index is 12.2. The Balaban J connectivity index is 2.54. The number of halogens is 3. The van der Waals surface area contributed by atoms with Crippen molar-refractivity contribution in [2.45, 2.75) is 32.5 Å². The summed E-state index contributed by atoms with van der Waals surface area (Å²) < 4.78 is 41.2. The molecule has 0 spiro atoms. The van der Waals surface area contributed by atoms with Crippen LogP contribution in [0.3, 0.4) is 0 Å². The van der Waals surface area contributed by atoms with Crippen molar-refractivity contribution in [1.82, 2.24) is 15.6 Å². The molecule has 1 rings (SSSR count). The zero-order valence-electron chi connectivity index (χ0n) is 14.5. The minimum atomic E-state index is -4.38. The highest BCUT2D eigenvalue weighted by Gasteiger charge is 2.28. The Morgan fingerprint density at radius 3 is 2.80 bits per heavy atom. The monoisotopic (exact) mass is 378 g/mol. The second-order valence-corrected chi connectivity index (χ2v) is 6.21. The molecule has 142 valence electrons. The van der Waals surface area contributed by atoms with Crippen LogP contribution in [-0.2, 0) is 6.54 Å². The van der Waals surface area contributed by atoms with Gasteiger partial charge in [-0.05, 0) is 43.4 Å². The molecule has 25 heavy (non-hydrogen) atoms. The number of hydrogen-bond acceptors (Lipinski definition) is 4. The fourth-order valence-corrected chi connectivity index (χ4v) is 2.37. The summed E-state index contributed by atoms with van der Waals surface area (Å²) >= 11 is 1.82. The van der Waals surface area contributed by atoms with E-state index in [1.807, 2.05) is 18.7 Å². The van der Waals surface area contributed by atoms with E-state index in [1.54, 1.807) is 6.07 Å². The summed E-state index contributed by atoms with van der Waals surface area (Å²) in [5, 5.41) is 6.38. The minimum absolute atomic E-state index is 0.0555. The summed E-state index contributed by atoms with van der Waals surface area (Å²) in [6.45, 7) is 2.49. The van der Waals surface area contributed by atoms with Crippen molar-refractivity contribution in [3.05, 3.63) is 23.9 Å². The average molecular weight is 378 g/mol. The number of nitrogens with one attached hydrogen (secondary N) is 2. The van der Waals surface area contributed by atoms with Crippen LogP contribution < -0.4 is 15.4 Å². The molecule has 0 unspecified atom stereocenters. The second kappa shape index (κ2) is 11.8. The van der Waals surface area contributed by atoms with E-state index in [1.165, 1.54) is 12.3 Å². The standard InChI is InChI=1S/C16H25F3N4OS/c1-3-20-15(22-7-4-5-9-25-2)23-11-13-6-8-21-14(10-13)24-12-16(17,18)19/h6,8,10H,3-5,7,9,11-12H2,1-2H3,(H2,20,22,23). The maximum Gasteiger partial charge on any atom is 0.422 e. The first-order valence-electron chi connectivity index (χ1n) is 8.10. The second-order valence-electron chi connectivity index (χ2n) is 5.23. The van der Waals surface area contributed by atoms with Crippen molar-refractivity contribution in [3.63, 3.8) is 0 Å². The smallest absolute Gasteiger partial charge is 0.422 e. The largest absolute Gasteiger partial charge is 0.468 e. The predicted molar refractivity (Wildman–Crippen MR) is 96.2 cm³/mol. The summed E-state index contributed by atoms with van der Waals surface area (Å²) in [6.07, 6.45) is 1.31. The molecular weight excluding hydrogens is 353 g/mol. The molecule has 0 aliphatic carbocycles. The average Bonchev–Trinajstić information content (AvgIpc) is 2.57. The van der Waals surface area contributed by atoms with E-state index in [4.69, 9.17) is 0 Å². The van der Waals surface area contributed by atoms with Gasteiger partial charge in [0, 0.05) is 25.4 Å². The fraction of sp³-hybridized carbons (Fsp3) is 0.625. The van der Waals surface area contributed by atoms with Crippen molar-refractivity contribution >= 4 is 17.7 Å². The number of unbranched alkanes of at least 4 members (excludes halogenated alkanes) is 1. The van der Waals surface area contributed by atoms with E-state index in [0.29, 0.717) is 12.5 Å². The molecule has 1 aromatic heterocycles. The number of aromatic nitrogens is 1. The lowest BCUT2D eigenvalue weighted by atomic mass is 10.3. The van der Waals surface area contributed by atoms with Crippen LogP contribution >= 0.6 is 11.8 Å². The molecule has 1 heterocycles. The number of aliphatic imine (C=N–C) groups is 1. The summed E-state index contributed by atoms with van der Waals surface area (Å²) in [6, 6.07) is 3.17. The van der Waals surface area contributed by atoms with E-state index < -0.39 is 12.8 Å². The first kappa shape index (κ1) is 21.4. The lowest BCUT2D eigenvalue weighted by Crippen LogP contribution is -2.37. The quantitative estimate of drug-likeness (QED) is 0.372. The molecule has 0 bridgehead atoms. The van der Waals surface area contributed by atoms with Crippen molar-refractivity contribution < 1.29 is 17.9 Å². The van der Waals surface area contributed by atoms with Gasteiger partial charge >= 0.3 is 6.18 Å². The Hall–Kier alpha value is -1.64. The molecule has 0 fully saturated rings. The molecule has 0 saturated heterocycles. The highest BCUT2D eigenvalue weighted by molar-refractivity contribution is 7.98. The molecule has 1 aromatic rings. The number of hydrogen-bond donors (Lipinski definition) is 2. The molecule has 5 nitrogen and oxygen atoms in total. The van der Waals surface area contributed by atoms with Crippen molar-refractivity contribution in [3.8, 4) is 5.88 Å². The van der Waals surface area contributed by atoms with Gasteiger partial charge in [-0.3, -0.25) is 0 Å². The lowest BCUT2D eigenvalue weighted by Gasteiger charge is -2.11. The first-order valence-corrected chi connectivity index (χ1v) is 9.49. The Labute approximate surface area is 150 Å². The summed E-state index contributed by atoms with van der Waals surface area (Å²) in [5.74, 6) is 1.76. The zero-order valence-corrected chi connectivity index (χ0v) is 15.3.